The van der Waals surface area contributed by atoms with Crippen molar-refractivity contribution in [2.24, 2.45) is 0 Å². The van der Waals surface area contributed by atoms with Gasteiger partial charge < -0.3 is 9.88 Å². The van der Waals surface area contributed by atoms with Crippen molar-refractivity contribution in [3.63, 3.8) is 0 Å². The molecule has 7 heteroatoms. The van der Waals surface area contributed by atoms with Crippen molar-refractivity contribution in [2.45, 2.75) is 20.8 Å². The molecule has 28 heavy (non-hydrogen) atoms. The number of benzene rings is 2. The fourth-order valence-corrected chi connectivity index (χ4v) is 3.66. The molecule has 0 radical (unpaired) electrons. The van der Waals surface area contributed by atoms with Crippen LogP contribution in [0.4, 0.5) is 19.6 Å². The summed E-state index contributed by atoms with van der Waals surface area (Å²) in [5.74, 6) is -0.575. The number of halogens is 2. The number of imidazole rings is 1. The molecule has 1 N–H and O–H groups in total. The molecule has 2 aromatic carbocycles. The number of hydrogen-bond donors (Lipinski definition) is 1. The summed E-state index contributed by atoms with van der Waals surface area (Å²) in [4.78, 5) is 8.67. The predicted octanol–water partition coefficient (Wildman–Crippen LogP) is 5.94. The minimum atomic E-state index is -0.345. The first kappa shape index (κ1) is 18.3. The SMILES string of the molecule is Cc1cn(-c2ccc(-c3csc(Nc4cc(C)c(F)cc4C)n3)cc2F)cn1. The Morgan fingerprint density at radius 3 is 2.54 bits per heavy atom. The van der Waals surface area contributed by atoms with E-state index in [-0.39, 0.29) is 11.6 Å². The molecule has 0 aliphatic carbocycles. The maximum atomic E-state index is 14.6. The zero-order chi connectivity index (χ0) is 19.8. The van der Waals surface area contributed by atoms with Crippen LogP contribution >= 0.6 is 11.3 Å². The van der Waals surface area contributed by atoms with Gasteiger partial charge in [0, 0.05) is 22.8 Å². The summed E-state index contributed by atoms with van der Waals surface area (Å²) >= 11 is 1.41. The van der Waals surface area contributed by atoms with Crippen LogP contribution in [0.1, 0.15) is 16.8 Å². The molecule has 4 rings (SSSR count). The molecule has 4 nitrogen and oxygen atoms in total. The Hall–Kier alpha value is -3.06. The molecule has 0 spiro atoms. The quantitative estimate of drug-likeness (QED) is 0.464. The monoisotopic (exact) mass is 396 g/mol. The van der Waals surface area contributed by atoms with E-state index in [1.54, 1.807) is 36.1 Å². The number of rotatable bonds is 4. The molecule has 0 atom stereocenters. The van der Waals surface area contributed by atoms with Crippen LogP contribution in [0.15, 0.2) is 48.2 Å². The predicted molar refractivity (Wildman–Crippen MR) is 109 cm³/mol. The lowest BCUT2D eigenvalue weighted by Gasteiger charge is -2.09. The highest BCUT2D eigenvalue weighted by Crippen LogP contribution is 2.30. The zero-order valence-electron chi connectivity index (χ0n) is 15.6. The van der Waals surface area contributed by atoms with E-state index in [1.807, 2.05) is 25.3 Å². The molecule has 0 unspecified atom stereocenters. The van der Waals surface area contributed by atoms with Crippen molar-refractivity contribution < 1.29 is 8.78 Å². The molecular formula is C21H18F2N4S. The third kappa shape index (κ3) is 3.53. The van der Waals surface area contributed by atoms with Gasteiger partial charge in [0.1, 0.15) is 11.6 Å². The van der Waals surface area contributed by atoms with E-state index in [4.69, 9.17) is 0 Å². The first-order valence-corrected chi connectivity index (χ1v) is 9.59. The number of thiazole rings is 1. The minimum Gasteiger partial charge on any atom is -0.331 e. The Bertz CT molecular complexity index is 1160. The second kappa shape index (κ2) is 7.16. The van der Waals surface area contributed by atoms with E-state index >= 15 is 0 Å². The third-order valence-corrected chi connectivity index (χ3v) is 5.24. The second-order valence-corrected chi connectivity index (χ2v) is 7.53. The summed E-state index contributed by atoms with van der Waals surface area (Å²) < 4.78 is 29.9. The van der Waals surface area contributed by atoms with Gasteiger partial charge in [0.05, 0.1) is 23.4 Å². The van der Waals surface area contributed by atoms with Crippen molar-refractivity contribution in [3.05, 3.63) is 76.7 Å². The number of nitrogens with zero attached hydrogens (tertiary/aromatic N) is 3. The van der Waals surface area contributed by atoms with Crippen molar-refractivity contribution in [1.29, 1.82) is 0 Å². The zero-order valence-corrected chi connectivity index (χ0v) is 16.4. The number of anilines is 2. The Kier molecular flexibility index (Phi) is 4.68. The molecule has 0 bridgehead atoms. The van der Waals surface area contributed by atoms with Gasteiger partial charge in [-0.3, -0.25) is 0 Å². The van der Waals surface area contributed by atoms with Gasteiger partial charge in [-0.2, -0.15) is 0 Å². The fraction of sp³-hybridized carbons (Fsp3) is 0.143. The lowest BCUT2D eigenvalue weighted by atomic mass is 10.1. The number of hydrogen-bond acceptors (Lipinski definition) is 4. The molecule has 0 saturated heterocycles. The molecule has 2 aromatic heterocycles. The highest BCUT2D eigenvalue weighted by molar-refractivity contribution is 7.14. The standard InChI is InChI=1S/C21H18F2N4S/c1-12-7-18(13(2)6-16(12)22)25-21-26-19(10-28-21)15-4-5-20(17(23)8-15)27-9-14(3)24-11-27/h4-11H,1-3H3,(H,25,26). The first-order chi connectivity index (χ1) is 13.4. The average molecular weight is 396 g/mol. The molecule has 0 amide bonds. The molecule has 2 heterocycles. The van der Waals surface area contributed by atoms with Crippen molar-refractivity contribution in [3.8, 4) is 16.9 Å². The van der Waals surface area contributed by atoms with E-state index in [0.29, 0.717) is 27.6 Å². The summed E-state index contributed by atoms with van der Waals surface area (Å²) in [6.45, 7) is 5.42. The van der Waals surface area contributed by atoms with Crippen LogP contribution in [-0.2, 0) is 0 Å². The van der Waals surface area contributed by atoms with Crippen molar-refractivity contribution in [2.75, 3.05) is 5.32 Å². The van der Waals surface area contributed by atoms with Gasteiger partial charge in [-0.05, 0) is 56.2 Å². The summed E-state index contributed by atoms with van der Waals surface area (Å²) in [5.41, 5.74) is 4.80. The van der Waals surface area contributed by atoms with Gasteiger partial charge >= 0.3 is 0 Å². The Labute approximate surface area is 165 Å². The highest BCUT2D eigenvalue weighted by Gasteiger charge is 2.11. The van der Waals surface area contributed by atoms with E-state index in [9.17, 15) is 8.78 Å². The normalized spacial score (nSPS) is 11.0. The molecule has 142 valence electrons. The van der Waals surface area contributed by atoms with Crippen LogP contribution < -0.4 is 5.32 Å². The number of nitrogens with one attached hydrogen (secondary N) is 1. The molecule has 0 saturated carbocycles. The van der Waals surface area contributed by atoms with E-state index in [1.165, 1.54) is 23.5 Å². The van der Waals surface area contributed by atoms with Gasteiger partial charge in [-0.15, -0.1) is 11.3 Å². The van der Waals surface area contributed by atoms with E-state index < -0.39 is 0 Å². The molecule has 0 aliphatic rings. The number of aryl methyl sites for hydroxylation is 3. The van der Waals surface area contributed by atoms with Gasteiger partial charge in [0.25, 0.3) is 0 Å². The molecule has 0 aliphatic heterocycles. The third-order valence-electron chi connectivity index (χ3n) is 4.48. The van der Waals surface area contributed by atoms with Crippen molar-refractivity contribution >= 4 is 22.2 Å². The highest BCUT2D eigenvalue weighted by atomic mass is 32.1. The molecule has 4 aromatic rings. The van der Waals surface area contributed by atoms with Gasteiger partial charge in [-0.1, -0.05) is 6.07 Å². The Morgan fingerprint density at radius 2 is 1.82 bits per heavy atom. The van der Waals surface area contributed by atoms with Gasteiger partial charge in [-0.25, -0.2) is 18.7 Å². The van der Waals surface area contributed by atoms with Crippen LogP contribution in [0.2, 0.25) is 0 Å². The molecular weight excluding hydrogens is 378 g/mol. The van der Waals surface area contributed by atoms with Crippen molar-refractivity contribution in [1.82, 2.24) is 14.5 Å². The van der Waals surface area contributed by atoms with Crippen LogP contribution in [0, 0.1) is 32.4 Å². The van der Waals surface area contributed by atoms with Gasteiger partial charge in [0.15, 0.2) is 5.13 Å². The second-order valence-electron chi connectivity index (χ2n) is 6.67. The lowest BCUT2D eigenvalue weighted by Crippen LogP contribution is -1.96. The summed E-state index contributed by atoms with van der Waals surface area (Å²) in [6.07, 6.45) is 3.36. The lowest BCUT2D eigenvalue weighted by molar-refractivity contribution is 0.617. The maximum absolute atomic E-state index is 14.6. The van der Waals surface area contributed by atoms with E-state index in [0.717, 1.165) is 16.9 Å². The summed E-state index contributed by atoms with van der Waals surface area (Å²) in [7, 11) is 0. The van der Waals surface area contributed by atoms with Crippen LogP contribution in [0.5, 0.6) is 0 Å². The van der Waals surface area contributed by atoms with Gasteiger partial charge in [0.2, 0.25) is 0 Å². The van der Waals surface area contributed by atoms with Crippen LogP contribution in [-0.4, -0.2) is 14.5 Å². The maximum Gasteiger partial charge on any atom is 0.187 e. The smallest absolute Gasteiger partial charge is 0.187 e. The van der Waals surface area contributed by atoms with Crippen LogP contribution in [0.3, 0.4) is 0 Å². The summed E-state index contributed by atoms with van der Waals surface area (Å²) in [6, 6.07) is 8.27. The average Bonchev–Trinajstić information content (AvgIpc) is 3.29. The molecule has 0 fully saturated rings. The van der Waals surface area contributed by atoms with E-state index in [2.05, 4.69) is 15.3 Å². The largest absolute Gasteiger partial charge is 0.331 e. The first-order valence-electron chi connectivity index (χ1n) is 8.71. The fourth-order valence-electron chi connectivity index (χ4n) is 2.92. The minimum absolute atomic E-state index is 0.230. The Morgan fingerprint density at radius 1 is 1.00 bits per heavy atom. The number of aromatic nitrogens is 3. The van der Waals surface area contributed by atoms with Crippen LogP contribution in [0.25, 0.3) is 16.9 Å². The summed E-state index contributed by atoms with van der Waals surface area (Å²) in [5, 5.41) is 5.75. The Balaban J connectivity index is 1.59. The topological polar surface area (TPSA) is 42.7 Å².